The summed E-state index contributed by atoms with van der Waals surface area (Å²) in [5.41, 5.74) is 6.80. The fourth-order valence-corrected chi connectivity index (χ4v) is 2.34. The lowest BCUT2D eigenvalue weighted by molar-refractivity contribution is 0.100. The van der Waals surface area contributed by atoms with Crippen molar-refractivity contribution in [3.05, 3.63) is 23.4 Å². The number of aromatic nitrogens is 1. The van der Waals surface area contributed by atoms with Gasteiger partial charge in [0.05, 0.1) is 5.56 Å². The molecule has 5 nitrogen and oxygen atoms in total. The molecular weight excluding hydrogens is 228 g/mol. The third-order valence-corrected chi connectivity index (χ3v) is 3.43. The Morgan fingerprint density at radius 2 is 2.33 bits per heavy atom. The lowest BCUT2D eigenvalue weighted by Crippen LogP contribution is -2.45. The van der Waals surface area contributed by atoms with Crippen molar-refractivity contribution >= 4 is 11.7 Å². The van der Waals surface area contributed by atoms with Gasteiger partial charge >= 0.3 is 0 Å². The van der Waals surface area contributed by atoms with E-state index in [0.29, 0.717) is 17.4 Å². The van der Waals surface area contributed by atoms with E-state index in [0.717, 1.165) is 31.6 Å². The average molecular weight is 248 g/mol. The van der Waals surface area contributed by atoms with Gasteiger partial charge in [-0.15, -0.1) is 0 Å². The van der Waals surface area contributed by atoms with E-state index in [4.69, 9.17) is 5.73 Å². The second-order valence-electron chi connectivity index (χ2n) is 4.80. The van der Waals surface area contributed by atoms with Crippen molar-refractivity contribution < 1.29 is 4.79 Å². The van der Waals surface area contributed by atoms with Crippen molar-refractivity contribution in [1.29, 1.82) is 0 Å². The number of piperidine rings is 1. The van der Waals surface area contributed by atoms with Crippen LogP contribution in [0.5, 0.6) is 0 Å². The first kappa shape index (κ1) is 12.8. The van der Waals surface area contributed by atoms with E-state index in [-0.39, 0.29) is 0 Å². The Kier molecular flexibility index (Phi) is 3.81. The summed E-state index contributed by atoms with van der Waals surface area (Å²) >= 11 is 0. The summed E-state index contributed by atoms with van der Waals surface area (Å²) in [5, 5.41) is 3.36. The first-order chi connectivity index (χ1) is 8.59. The Labute approximate surface area is 107 Å². The first-order valence-electron chi connectivity index (χ1n) is 6.30. The molecule has 3 N–H and O–H groups in total. The quantitative estimate of drug-likeness (QED) is 0.825. The minimum absolute atomic E-state index is 0.367. The molecule has 2 rings (SSSR count). The minimum atomic E-state index is -0.423. The summed E-state index contributed by atoms with van der Waals surface area (Å²) in [6, 6.07) is 3.94. The van der Waals surface area contributed by atoms with Crippen LogP contribution in [0.15, 0.2) is 12.1 Å². The van der Waals surface area contributed by atoms with Crippen molar-refractivity contribution in [3.8, 4) is 0 Å². The Balaban J connectivity index is 2.30. The predicted octanol–water partition coefficient (Wildman–Crippen LogP) is 0.677. The summed E-state index contributed by atoms with van der Waals surface area (Å²) in [6.45, 7) is 3.90. The lowest BCUT2D eigenvalue weighted by atomic mass is 10.1. The van der Waals surface area contributed by atoms with E-state index in [1.807, 2.05) is 20.0 Å². The maximum absolute atomic E-state index is 11.5. The number of primary amides is 1. The zero-order valence-electron chi connectivity index (χ0n) is 10.9. The highest BCUT2D eigenvalue weighted by Gasteiger charge is 2.22. The van der Waals surface area contributed by atoms with Crippen LogP contribution >= 0.6 is 0 Å². The summed E-state index contributed by atoms with van der Waals surface area (Å²) < 4.78 is 0. The van der Waals surface area contributed by atoms with Gasteiger partial charge in [0.2, 0.25) is 0 Å². The number of hydrogen-bond donors (Lipinski definition) is 2. The SMILES string of the molecule is Cc1ccc(C(N)=O)c(N(C)C2CCCNC2)n1. The molecule has 2 heterocycles. The number of carbonyl (C=O) groups is 1. The van der Waals surface area contributed by atoms with Crippen LogP contribution in [-0.4, -0.2) is 37.1 Å². The van der Waals surface area contributed by atoms with E-state index >= 15 is 0 Å². The molecule has 18 heavy (non-hydrogen) atoms. The monoisotopic (exact) mass is 248 g/mol. The highest BCUT2D eigenvalue weighted by Crippen LogP contribution is 2.21. The van der Waals surface area contributed by atoms with Crippen LogP contribution in [0.2, 0.25) is 0 Å². The van der Waals surface area contributed by atoms with Gasteiger partial charge in [0.15, 0.2) is 0 Å². The molecule has 1 aromatic heterocycles. The molecule has 98 valence electrons. The first-order valence-corrected chi connectivity index (χ1v) is 6.30. The molecular formula is C13H20N4O. The molecule has 1 amide bonds. The lowest BCUT2D eigenvalue weighted by Gasteiger charge is -2.33. The molecule has 0 saturated carbocycles. The van der Waals surface area contributed by atoms with Gasteiger partial charge in [-0.2, -0.15) is 0 Å². The fourth-order valence-electron chi connectivity index (χ4n) is 2.34. The normalized spacial score (nSPS) is 19.6. The maximum Gasteiger partial charge on any atom is 0.252 e. The molecule has 0 aromatic carbocycles. The molecule has 1 aliphatic heterocycles. The number of nitrogens with zero attached hydrogens (tertiary/aromatic N) is 2. The van der Waals surface area contributed by atoms with Crippen molar-refractivity contribution in [2.75, 3.05) is 25.0 Å². The van der Waals surface area contributed by atoms with Crippen LogP contribution in [-0.2, 0) is 0 Å². The highest BCUT2D eigenvalue weighted by molar-refractivity contribution is 5.97. The molecule has 1 fully saturated rings. The van der Waals surface area contributed by atoms with E-state index in [9.17, 15) is 4.79 Å². The topological polar surface area (TPSA) is 71.2 Å². The summed E-state index contributed by atoms with van der Waals surface area (Å²) in [5.74, 6) is 0.268. The largest absolute Gasteiger partial charge is 0.365 e. The third kappa shape index (κ3) is 2.61. The molecule has 0 spiro atoms. The fraction of sp³-hybridized carbons (Fsp3) is 0.538. The van der Waals surface area contributed by atoms with Crippen LogP contribution in [0.4, 0.5) is 5.82 Å². The number of carbonyl (C=O) groups excluding carboxylic acids is 1. The van der Waals surface area contributed by atoms with Gasteiger partial charge in [-0.25, -0.2) is 4.98 Å². The van der Waals surface area contributed by atoms with Gasteiger partial charge in [-0.3, -0.25) is 4.79 Å². The standard InChI is InChI=1S/C13H20N4O/c1-9-5-6-11(12(14)18)13(16-9)17(2)10-4-3-7-15-8-10/h5-6,10,15H,3-4,7-8H2,1-2H3,(H2,14,18). The van der Waals surface area contributed by atoms with Gasteiger partial charge in [-0.1, -0.05) is 0 Å². The van der Waals surface area contributed by atoms with Gasteiger partial charge in [0.1, 0.15) is 5.82 Å². The number of nitrogens with one attached hydrogen (secondary N) is 1. The van der Waals surface area contributed by atoms with Crippen LogP contribution < -0.4 is 16.0 Å². The Morgan fingerprint density at radius 3 is 2.94 bits per heavy atom. The van der Waals surface area contributed by atoms with Gasteiger partial charge in [0.25, 0.3) is 5.91 Å². The summed E-state index contributed by atoms with van der Waals surface area (Å²) in [6.07, 6.45) is 2.25. The van der Waals surface area contributed by atoms with Crippen LogP contribution in [0.3, 0.4) is 0 Å². The maximum atomic E-state index is 11.5. The zero-order chi connectivity index (χ0) is 13.1. The summed E-state index contributed by atoms with van der Waals surface area (Å²) in [7, 11) is 1.98. The summed E-state index contributed by atoms with van der Waals surface area (Å²) in [4.78, 5) is 18.0. The van der Waals surface area contributed by atoms with Crippen molar-refractivity contribution in [2.24, 2.45) is 5.73 Å². The van der Waals surface area contributed by atoms with Gasteiger partial charge in [0, 0.05) is 25.3 Å². The predicted molar refractivity (Wildman–Crippen MR) is 71.8 cm³/mol. The number of amides is 1. The average Bonchev–Trinajstić information content (AvgIpc) is 2.38. The van der Waals surface area contributed by atoms with Crippen molar-refractivity contribution in [1.82, 2.24) is 10.3 Å². The molecule has 1 aromatic rings. The minimum Gasteiger partial charge on any atom is -0.365 e. The van der Waals surface area contributed by atoms with E-state index in [1.165, 1.54) is 0 Å². The van der Waals surface area contributed by atoms with E-state index < -0.39 is 5.91 Å². The molecule has 0 bridgehead atoms. The molecule has 1 saturated heterocycles. The number of nitrogens with two attached hydrogens (primary N) is 1. The zero-order valence-corrected chi connectivity index (χ0v) is 10.9. The molecule has 1 aliphatic rings. The molecule has 0 radical (unpaired) electrons. The number of likely N-dealkylation sites (N-methyl/N-ethyl adjacent to an activating group) is 1. The van der Waals surface area contributed by atoms with Crippen molar-refractivity contribution in [2.45, 2.75) is 25.8 Å². The van der Waals surface area contributed by atoms with Crippen LogP contribution in [0.1, 0.15) is 28.9 Å². The number of rotatable bonds is 3. The molecule has 0 aliphatic carbocycles. The van der Waals surface area contributed by atoms with E-state index in [1.54, 1.807) is 6.07 Å². The third-order valence-electron chi connectivity index (χ3n) is 3.43. The van der Waals surface area contributed by atoms with E-state index in [2.05, 4.69) is 15.2 Å². The molecule has 5 heteroatoms. The van der Waals surface area contributed by atoms with Gasteiger partial charge in [-0.05, 0) is 38.4 Å². The Morgan fingerprint density at radius 1 is 1.56 bits per heavy atom. The smallest absolute Gasteiger partial charge is 0.252 e. The number of pyridine rings is 1. The van der Waals surface area contributed by atoms with Crippen molar-refractivity contribution in [3.63, 3.8) is 0 Å². The number of anilines is 1. The second kappa shape index (κ2) is 5.35. The number of hydrogen-bond acceptors (Lipinski definition) is 4. The van der Waals surface area contributed by atoms with Gasteiger partial charge < -0.3 is 16.0 Å². The Hall–Kier alpha value is -1.62. The highest BCUT2D eigenvalue weighted by atomic mass is 16.1. The second-order valence-corrected chi connectivity index (χ2v) is 4.80. The van der Waals surface area contributed by atoms with Crippen LogP contribution in [0, 0.1) is 6.92 Å². The van der Waals surface area contributed by atoms with Crippen LogP contribution in [0.25, 0.3) is 0 Å². The Bertz CT molecular complexity index is 441. The molecule has 1 unspecified atom stereocenters. The molecule has 1 atom stereocenters. The number of aryl methyl sites for hydroxylation is 1.